The smallest absolute Gasteiger partial charge is 0.0373 e. The Morgan fingerprint density at radius 1 is 1.21 bits per heavy atom. The number of rotatable bonds is 9. The zero-order valence-electron chi connectivity index (χ0n) is 14.2. The maximum atomic E-state index is 4.62. The standard InChI is InChI=1S/C17H34N2/c1-8-11-16(18-12-9-2)14-19(13-10-3)17(6,7)15(4)5/h9,12,15H,8,10-11,13-14H2,1-7H3/b12-9-,18-16?. The summed E-state index contributed by atoms with van der Waals surface area (Å²) in [5.74, 6) is 0.642. The van der Waals surface area contributed by atoms with E-state index in [-0.39, 0.29) is 5.54 Å². The molecule has 112 valence electrons. The molecule has 0 heterocycles. The van der Waals surface area contributed by atoms with E-state index in [1.54, 1.807) is 0 Å². The number of nitrogens with zero attached hydrogens (tertiary/aromatic N) is 2. The molecule has 0 aromatic carbocycles. The first kappa shape index (κ1) is 18.4. The molecule has 0 rings (SSSR count). The number of allylic oxidation sites excluding steroid dienone is 1. The molecule has 0 saturated carbocycles. The Balaban J connectivity index is 4.98. The zero-order valence-corrected chi connectivity index (χ0v) is 14.2. The molecule has 19 heavy (non-hydrogen) atoms. The van der Waals surface area contributed by atoms with Crippen LogP contribution in [-0.4, -0.2) is 29.2 Å². The number of hydrogen-bond acceptors (Lipinski definition) is 2. The summed E-state index contributed by atoms with van der Waals surface area (Å²) in [6.45, 7) is 18.0. The Bertz CT molecular complexity index is 288. The van der Waals surface area contributed by atoms with E-state index in [2.05, 4.69) is 51.4 Å². The topological polar surface area (TPSA) is 15.6 Å². The van der Waals surface area contributed by atoms with E-state index in [1.165, 1.54) is 18.6 Å². The second-order valence-electron chi connectivity index (χ2n) is 6.16. The van der Waals surface area contributed by atoms with Crippen molar-refractivity contribution in [1.82, 2.24) is 4.90 Å². The highest BCUT2D eigenvalue weighted by molar-refractivity contribution is 5.87. The molecular formula is C17H34N2. The van der Waals surface area contributed by atoms with Crippen LogP contribution >= 0.6 is 0 Å². The first-order chi connectivity index (χ1) is 8.89. The largest absolute Gasteiger partial charge is 0.292 e. The van der Waals surface area contributed by atoms with E-state index in [0.29, 0.717) is 5.92 Å². The monoisotopic (exact) mass is 266 g/mol. The molecule has 2 heteroatoms. The lowest BCUT2D eigenvalue weighted by Crippen LogP contribution is -2.50. The summed E-state index contributed by atoms with van der Waals surface area (Å²) >= 11 is 0. The van der Waals surface area contributed by atoms with E-state index >= 15 is 0 Å². The van der Waals surface area contributed by atoms with Gasteiger partial charge in [0.1, 0.15) is 0 Å². The van der Waals surface area contributed by atoms with Crippen LogP contribution in [0.3, 0.4) is 0 Å². The van der Waals surface area contributed by atoms with E-state index in [9.17, 15) is 0 Å². The fourth-order valence-corrected chi connectivity index (χ4v) is 2.08. The van der Waals surface area contributed by atoms with Gasteiger partial charge in [0.2, 0.25) is 0 Å². The first-order valence-electron chi connectivity index (χ1n) is 7.81. The van der Waals surface area contributed by atoms with Crippen LogP contribution in [0.2, 0.25) is 0 Å². The molecule has 0 bridgehead atoms. The Kier molecular flexibility index (Phi) is 8.99. The zero-order chi connectivity index (χ0) is 14.9. The van der Waals surface area contributed by atoms with Crippen molar-refractivity contribution in [2.75, 3.05) is 13.1 Å². The lowest BCUT2D eigenvalue weighted by Gasteiger charge is -2.42. The average Bonchev–Trinajstić information content (AvgIpc) is 2.35. The average molecular weight is 266 g/mol. The summed E-state index contributed by atoms with van der Waals surface area (Å²) in [5.41, 5.74) is 1.53. The lowest BCUT2D eigenvalue weighted by atomic mass is 9.88. The van der Waals surface area contributed by atoms with Gasteiger partial charge in [-0.05, 0) is 46.1 Å². The SMILES string of the molecule is C/C=C\N=C(CCC)CN(CCC)C(C)(C)C(C)C. The van der Waals surface area contributed by atoms with Crippen LogP contribution in [0.15, 0.2) is 17.3 Å². The quantitative estimate of drug-likeness (QED) is 0.541. The maximum Gasteiger partial charge on any atom is 0.0373 e. The summed E-state index contributed by atoms with van der Waals surface area (Å²) in [6.07, 6.45) is 7.39. The third-order valence-corrected chi connectivity index (χ3v) is 4.04. The molecule has 0 amide bonds. The molecule has 0 N–H and O–H groups in total. The molecule has 0 unspecified atom stereocenters. The fourth-order valence-electron chi connectivity index (χ4n) is 2.08. The van der Waals surface area contributed by atoms with Crippen molar-refractivity contribution >= 4 is 5.71 Å². The van der Waals surface area contributed by atoms with Gasteiger partial charge in [0.15, 0.2) is 0 Å². The summed E-state index contributed by atoms with van der Waals surface area (Å²) in [4.78, 5) is 7.21. The van der Waals surface area contributed by atoms with Gasteiger partial charge in [0.05, 0.1) is 0 Å². The van der Waals surface area contributed by atoms with Crippen LogP contribution in [0.1, 0.15) is 67.7 Å². The van der Waals surface area contributed by atoms with Gasteiger partial charge in [-0.1, -0.05) is 40.2 Å². The molecule has 0 aromatic heterocycles. The minimum Gasteiger partial charge on any atom is -0.292 e. The molecule has 0 atom stereocenters. The number of aliphatic imine (C=N–C) groups is 1. The van der Waals surface area contributed by atoms with Crippen molar-refractivity contribution in [3.8, 4) is 0 Å². The predicted octanol–water partition coefficient (Wildman–Crippen LogP) is 4.91. The van der Waals surface area contributed by atoms with Gasteiger partial charge in [-0.25, -0.2) is 0 Å². The lowest BCUT2D eigenvalue weighted by molar-refractivity contribution is 0.0932. The van der Waals surface area contributed by atoms with Crippen LogP contribution in [0.25, 0.3) is 0 Å². The summed E-state index contributed by atoms with van der Waals surface area (Å²) in [6, 6.07) is 0. The van der Waals surface area contributed by atoms with Gasteiger partial charge in [-0.2, -0.15) is 0 Å². The van der Waals surface area contributed by atoms with Gasteiger partial charge in [-0.15, -0.1) is 0 Å². The highest BCUT2D eigenvalue weighted by atomic mass is 15.2. The molecule has 2 nitrogen and oxygen atoms in total. The minimum absolute atomic E-state index is 0.223. The highest BCUT2D eigenvalue weighted by Gasteiger charge is 2.29. The van der Waals surface area contributed by atoms with Gasteiger partial charge in [-0.3, -0.25) is 9.89 Å². The van der Waals surface area contributed by atoms with Crippen molar-refractivity contribution in [2.24, 2.45) is 10.9 Å². The van der Waals surface area contributed by atoms with E-state index < -0.39 is 0 Å². The second-order valence-corrected chi connectivity index (χ2v) is 6.16. The molecule has 0 aliphatic rings. The van der Waals surface area contributed by atoms with Crippen LogP contribution in [-0.2, 0) is 0 Å². The van der Waals surface area contributed by atoms with Crippen molar-refractivity contribution in [2.45, 2.75) is 73.3 Å². The maximum absolute atomic E-state index is 4.62. The van der Waals surface area contributed by atoms with Crippen molar-refractivity contribution < 1.29 is 0 Å². The highest BCUT2D eigenvalue weighted by Crippen LogP contribution is 2.24. The third-order valence-electron chi connectivity index (χ3n) is 4.04. The molecule has 0 aromatic rings. The van der Waals surface area contributed by atoms with Crippen LogP contribution in [0, 0.1) is 5.92 Å². The molecule has 0 fully saturated rings. The van der Waals surface area contributed by atoms with E-state index in [0.717, 1.165) is 19.5 Å². The second kappa shape index (κ2) is 9.30. The van der Waals surface area contributed by atoms with Crippen molar-refractivity contribution in [1.29, 1.82) is 0 Å². The molecule has 0 radical (unpaired) electrons. The molecule has 0 aliphatic heterocycles. The first-order valence-corrected chi connectivity index (χ1v) is 7.81. The summed E-state index contributed by atoms with van der Waals surface area (Å²) in [7, 11) is 0. The summed E-state index contributed by atoms with van der Waals surface area (Å²) < 4.78 is 0. The van der Waals surface area contributed by atoms with Crippen molar-refractivity contribution in [3.05, 3.63) is 12.3 Å². The van der Waals surface area contributed by atoms with E-state index in [4.69, 9.17) is 0 Å². The van der Waals surface area contributed by atoms with E-state index in [1.807, 2.05) is 19.2 Å². The fraction of sp³-hybridized carbons (Fsp3) is 0.824. The molecular weight excluding hydrogens is 232 g/mol. The van der Waals surface area contributed by atoms with Gasteiger partial charge < -0.3 is 0 Å². The Labute approximate surface area is 121 Å². The van der Waals surface area contributed by atoms with Gasteiger partial charge in [0, 0.05) is 24.0 Å². The number of hydrogen-bond donors (Lipinski definition) is 0. The normalized spacial score (nSPS) is 14.1. The third kappa shape index (κ3) is 6.38. The van der Waals surface area contributed by atoms with Crippen LogP contribution < -0.4 is 0 Å². The Morgan fingerprint density at radius 3 is 2.26 bits per heavy atom. The molecule has 0 saturated heterocycles. The molecule has 0 spiro atoms. The van der Waals surface area contributed by atoms with Gasteiger partial charge >= 0.3 is 0 Å². The molecule has 0 aliphatic carbocycles. The Morgan fingerprint density at radius 2 is 1.84 bits per heavy atom. The summed E-state index contributed by atoms with van der Waals surface area (Å²) in [5, 5.41) is 0. The Hall–Kier alpha value is -0.630. The van der Waals surface area contributed by atoms with Crippen molar-refractivity contribution in [3.63, 3.8) is 0 Å². The van der Waals surface area contributed by atoms with Crippen LogP contribution in [0.4, 0.5) is 0 Å². The predicted molar refractivity (Wildman–Crippen MR) is 87.9 cm³/mol. The van der Waals surface area contributed by atoms with Gasteiger partial charge in [0.25, 0.3) is 0 Å². The van der Waals surface area contributed by atoms with Crippen LogP contribution in [0.5, 0.6) is 0 Å². The minimum atomic E-state index is 0.223.